The summed E-state index contributed by atoms with van der Waals surface area (Å²) in [5.41, 5.74) is 2.33. The van der Waals surface area contributed by atoms with Crippen LogP contribution >= 0.6 is 0 Å². The van der Waals surface area contributed by atoms with Crippen LogP contribution in [-0.2, 0) is 7.05 Å². The molecular formula is C10H9N3. The van der Waals surface area contributed by atoms with Crippen LogP contribution < -0.4 is 0 Å². The topological polar surface area (TPSA) is 33.6 Å². The lowest BCUT2D eigenvalue weighted by Gasteiger charge is -1.95. The van der Waals surface area contributed by atoms with Crippen molar-refractivity contribution in [2.75, 3.05) is 0 Å². The lowest BCUT2D eigenvalue weighted by molar-refractivity contribution is 0.969. The fourth-order valence-corrected chi connectivity index (χ4v) is 1.71. The van der Waals surface area contributed by atoms with Gasteiger partial charge in [-0.25, -0.2) is 0 Å². The number of aromatic nitrogens is 3. The molecule has 2 aromatic heterocycles. The SMILES string of the molecule is Cn1ccc2cc3cn[nH]c3cc21. The van der Waals surface area contributed by atoms with Crippen LogP contribution in [0.25, 0.3) is 21.8 Å². The molecule has 0 aliphatic rings. The van der Waals surface area contributed by atoms with E-state index in [0.29, 0.717) is 0 Å². The van der Waals surface area contributed by atoms with Crippen LogP contribution in [0.15, 0.2) is 30.6 Å². The molecule has 0 amide bonds. The highest BCUT2D eigenvalue weighted by Gasteiger charge is 2.01. The number of aryl methyl sites for hydroxylation is 1. The lowest BCUT2D eigenvalue weighted by atomic mass is 10.2. The van der Waals surface area contributed by atoms with E-state index >= 15 is 0 Å². The zero-order chi connectivity index (χ0) is 8.84. The van der Waals surface area contributed by atoms with Crippen molar-refractivity contribution in [3.05, 3.63) is 30.6 Å². The standard InChI is InChI=1S/C10H9N3/c1-13-3-2-7-4-8-6-11-12-9(8)5-10(7)13/h2-6H,1H3,(H,11,12). The highest BCUT2D eigenvalue weighted by atomic mass is 15.1. The number of aromatic amines is 1. The maximum Gasteiger partial charge on any atom is 0.0671 e. The number of benzene rings is 1. The predicted molar refractivity (Wildman–Crippen MR) is 52.6 cm³/mol. The maximum absolute atomic E-state index is 4.00. The Hall–Kier alpha value is -1.77. The number of nitrogens with one attached hydrogen (secondary N) is 1. The molecule has 3 rings (SSSR count). The van der Waals surface area contributed by atoms with Gasteiger partial charge in [-0.1, -0.05) is 0 Å². The minimum atomic E-state index is 1.09. The van der Waals surface area contributed by atoms with E-state index < -0.39 is 0 Å². The molecule has 0 atom stereocenters. The second-order valence-corrected chi connectivity index (χ2v) is 3.29. The van der Waals surface area contributed by atoms with Gasteiger partial charge in [-0.3, -0.25) is 5.10 Å². The van der Waals surface area contributed by atoms with E-state index in [-0.39, 0.29) is 0 Å². The molecule has 3 heteroatoms. The zero-order valence-electron chi connectivity index (χ0n) is 7.28. The fourth-order valence-electron chi connectivity index (χ4n) is 1.71. The van der Waals surface area contributed by atoms with E-state index in [1.807, 2.05) is 13.2 Å². The van der Waals surface area contributed by atoms with Crippen molar-refractivity contribution >= 4 is 21.8 Å². The largest absolute Gasteiger partial charge is 0.350 e. The van der Waals surface area contributed by atoms with E-state index in [0.717, 1.165) is 5.52 Å². The molecule has 0 saturated carbocycles. The molecule has 13 heavy (non-hydrogen) atoms. The molecule has 1 N–H and O–H groups in total. The molecule has 0 saturated heterocycles. The van der Waals surface area contributed by atoms with E-state index in [2.05, 4.69) is 39.2 Å². The Bertz CT molecular complexity index is 574. The molecule has 0 fully saturated rings. The first-order valence-corrected chi connectivity index (χ1v) is 4.23. The van der Waals surface area contributed by atoms with E-state index in [4.69, 9.17) is 0 Å². The third kappa shape index (κ3) is 0.811. The van der Waals surface area contributed by atoms with Crippen molar-refractivity contribution in [2.45, 2.75) is 0 Å². The summed E-state index contributed by atoms with van der Waals surface area (Å²) in [5, 5.41) is 9.39. The minimum absolute atomic E-state index is 1.09. The number of H-pyrrole nitrogens is 1. The Kier molecular flexibility index (Phi) is 1.10. The molecule has 0 spiro atoms. The predicted octanol–water partition coefficient (Wildman–Crippen LogP) is 2.05. The quantitative estimate of drug-likeness (QED) is 0.551. The Labute approximate surface area is 75.0 Å². The molecule has 0 unspecified atom stereocenters. The normalized spacial score (nSPS) is 11.5. The number of rotatable bonds is 0. The number of hydrogen-bond donors (Lipinski definition) is 1. The molecule has 0 aliphatic heterocycles. The third-order valence-corrected chi connectivity index (χ3v) is 2.45. The van der Waals surface area contributed by atoms with Crippen molar-refractivity contribution in [2.24, 2.45) is 7.05 Å². The molecule has 3 nitrogen and oxygen atoms in total. The summed E-state index contributed by atoms with van der Waals surface area (Å²) < 4.78 is 2.11. The van der Waals surface area contributed by atoms with Gasteiger partial charge in [0, 0.05) is 29.5 Å². The number of hydrogen-bond acceptors (Lipinski definition) is 1. The molecule has 0 bridgehead atoms. The fraction of sp³-hybridized carbons (Fsp3) is 0.100. The first-order valence-electron chi connectivity index (χ1n) is 4.23. The molecule has 0 radical (unpaired) electrons. The third-order valence-electron chi connectivity index (χ3n) is 2.45. The van der Waals surface area contributed by atoms with Gasteiger partial charge < -0.3 is 4.57 Å². The van der Waals surface area contributed by atoms with Gasteiger partial charge >= 0.3 is 0 Å². The van der Waals surface area contributed by atoms with Gasteiger partial charge in [0.1, 0.15) is 0 Å². The summed E-state index contributed by atoms with van der Waals surface area (Å²) in [6, 6.07) is 6.38. The van der Waals surface area contributed by atoms with E-state index in [1.54, 1.807) is 0 Å². The average Bonchev–Trinajstić information content (AvgIpc) is 2.70. The highest BCUT2D eigenvalue weighted by molar-refractivity contribution is 5.94. The van der Waals surface area contributed by atoms with Crippen LogP contribution in [0.2, 0.25) is 0 Å². The van der Waals surface area contributed by atoms with Crippen LogP contribution in [0.1, 0.15) is 0 Å². The number of fused-ring (bicyclic) bond motifs is 2. The van der Waals surface area contributed by atoms with Gasteiger partial charge in [-0.05, 0) is 18.2 Å². The smallest absolute Gasteiger partial charge is 0.0671 e. The summed E-state index contributed by atoms with van der Waals surface area (Å²) in [5.74, 6) is 0. The van der Waals surface area contributed by atoms with Gasteiger partial charge in [-0.15, -0.1) is 0 Å². The Morgan fingerprint density at radius 2 is 2.23 bits per heavy atom. The summed E-state index contributed by atoms with van der Waals surface area (Å²) in [4.78, 5) is 0. The van der Waals surface area contributed by atoms with Crippen LogP contribution in [0.3, 0.4) is 0 Å². The first kappa shape index (κ1) is 6.71. The highest BCUT2D eigenvalue weighted by Crippen LogP contribution is 2.21. The van der Waals surface area contributed by atoms with Crippen LogP contribution in [0, 0.1) is 0 Å². The average molecular weight is 171 g/mol. The van der Waals surface area contributed by atoms with Gasteiger partial charge in [0.15, 0.2) is 0 Å². The maximum atomic E-state index is 4.00. The molecule has 1 aromatic carbocycles. The van der Waals surface area contributed by atoms with Crippen LogP contribution in [0.4, 0.5) is 0 Å². The van der Waals surface area contributed by atoms with Crippen molar-refractivity contribution in [1.29, 1.82) is 0 Å². The van der Waals surface area contributed by atoms with E-state index in [9.17, 15) is 0 Å². The minimum Gasteiger partial charge on any atom is -0.350 e. The number of nitrogens with zero attached hydrogens (tertiary/aromatic N) is 2. The molecule has 64 valence electrons. The van der Waals surface area contributed by atoms with Crippen molar-refractivity contribution in [3.63, 3.8) is 0 Å². The molecule has 3 aromatic rings. The lowest BCUT2D eigenvalue weighted by Crippen LogP contribution is -1.82. The molecular weight excluding hydrogens is 162 g/mol. The first-order chi connectivity index (χ1) is 6.34. The second kappa shape index (κ2) is 2.13. The Morgan fingerprint density at radius 1 is 1.31 bits per heavy atom. The summed E-state index contributed by atoms with van der Waals surface area (Å²) >= 11 is 0. The Balaban J connectivity index is 2.59. The van der Waals surface area contributed by atoms with Crippen LogP contribution in [0.5, 0.6) is 0 Å². The van der Waals surface area contributed by atoms with E-state index in [1.165, 1.54) is 16.3 Å². The van der Waals surface area contributed by atoms with Crippen molar-refractivity contribution in [3.8, 4) is 0 Å². The monoisotopic (exact) mass is 171 g/mol. The van der Waals surface area contributed by atoms with Gasteiger partial charge in [0.05, 0.1) is 11.7 Å². The molecule has 0 aliphatic carbocycles. The Morgan fingerprint density at radius 3 is 3.15 bits per heavy atom. The van der Waals surface area contributed by atoms with Crippen molar-refractivity contribution < 1.29 is 0 Å². The van der Waals surface area contributed by atoms with Crippen molar-refractivity contribution in [1.82, 2.24) is 14.8 Å². The zero-order valence-corrected chi connectivity index (χ0v) is 7.28. The second-order valence-electron chi connectivity index (χ2n) is 3.29. The van der Waals surface area contributed by atoms with Crippen LogP contribution in [-0.4, -0.2) is 14.8 Å². The van der Waals surface area contributed by atoms with Gasteiger partial charge in [-0.2, -0.15) is 5.10 Å². The summed E-state index contributed by atoms with van der Waals surface area (Å²) in [6.07, 6.45) is 3.92. The molecule has 2 heterocycles. The van der Waals surface area contributed by atoms with Gasteiger partial charge in [0.2, 0.25) is 0 Å². The summed E-state index contributed by atoms with van der Waals surface area (Å²) in [6.45, 7) is 0. The summed E-state index contributed by atoms with van der Waals surface area (Å²) in [7, 11) is 2.05. The van der Waals surface area contributed by atoms with Gasteiger partial charge in [0.25, 0.3) is 0 Å².